The molecule has 0 aliphatic heterocycles. The molecule has 0 radical (unpaired) electrons. The molecule has 13 heavy (non-hydrogen) atoms. The summed E-state index contributed by atoms with van der Waals surface area (Å²) in [5.41, 5.74) is 5.42. The third kappa shape index (κ3) is 2.02. The van der Waals surface area contributed by atoms with Gasteiger partial charge in [-0.15, -0.1) is 0 Å². The number of amides is 1. The molecule has 1 aliphatic carbocycles. The first kappa shape index (κ1) is 10.5. The molecule has 0 aromatic carbocycles. The molecule has 1 rings (SSSR count). The average Bonchev–Trinajstić information content (AvgIpc) is 2.08. The van der Waals surface area contributed by atoms with Crippen LogP contribution < -0.4 is 11.1 Å². The zero-order chi connectivity index (χ0) is 9.90. The van der Waals surface area contributed by atoms with E-state index in [1.165, 1.54) is 0 Å². The molecule has 0 spiro atoms. The van der Waals surface area contributed by atoms with Crippen molar-refractivity contribution in [1.82, 2.24) is 5.32 Å². The standard InChI is InChI=1S/C10H20N2O/c1-3-4-12-9(13)10(7-11)5-8(2)6-10/h8H,3-7,11H2,1-2H3,(H,12,13). The Balaban J connectivity index is 2.43. The van der Waals surface area contributed by atoms with Crippen molar-refractivity contribution in [2.24, 2.45) is 17.1 Å². The van der Waals surface area contributed by atoms with Gasteiger partial charge in [-0.1, -0.05) is 13.8 Å². The van der Waals surface area contributed by atoms with E-state index in [2.05, 4.69) is 19.2 Å². The molecule has 1 amide bonds. The fourth-order valence-corrected chi connectivity index (χ4v) is 2.15. The van der Waals surface area contributed by atoms with E-state index in [4.69, 9.17) is 5.73 Å². The minimum atomic E-state index is -0.228. The minimum absolute atomic E-state index is 0.162. The van der Waals surface area contributed by atoms with Crippen molar-refractivity contribution in [2.75, 3.05) is 13.1 Å². The van der Waals surface area contributed by atoms with Crippen LogP contribution in [0.3, 0.4) is 0 Å². The van der Waals surface area contributed by atoms with Gasteiger partial charge in [0.25, 0.3) is 0 Å². The summed E-state index contributed by atoms with van der Waals surface area (Å²) >= 11 is 0. The van der Waals surface area contributed by atoms with Gasteiger partial charge in [0, 0.05) is 13.1 Å². The fourth-order valence-electron chi connectivity index (χ4n) is 2.15. The normalized spacial score (nSPS) is 32.4. The number of rotatable bonds is 4. The van der Waals surface area contributed by atoms with Crippen molar-refractivity contribution in [1.29, 1.82) is 0 Å². The number of nitrogens with two attached hydrogens (primary N) is 1. The van der Waals surface area contributed by atoms with Gasteiger partial charge in [0.2, 0.25) is 5.91 Å². The molecular weight excluding hydrogens is 164 g/mol. The second-order valence-electron chi connectivity index (χ2n) is 4.25. The lowest BCUT2D eigenvalue weighted by molar-refractivity contribution is -0.138. The van der Waals surface area contributed by atoms with E-state index < -0.39 is 0 Å². The molecule has 0 unspecified atom stereocenters. The highest BCUT2D eigenvalue weighted by atomic mass is 16.2. The molecule has 0 heterocycles. The van der Waals surface area contributed by atoms with Gasteiger partial charge >= 0.3 is 0 Å². The second-order valence-corrected chi connectivity index (χ2v) is 4.25. The topological polar surface area (TPSA) is 55.1 Å². The average molecular weight is 184 g/mol. The summed E-state index contributed by atoms with van der Waals surface area (Å²) in [4.78, 5) is 11.7. The minimum Gasteiger partial charge on any atom is -0.356 e. The smallest absolute Gasteiger partial charge is 0.227 e. The predicted molar refractivity (Wildman–Crippen MR) is 53.2 cm³/mol. The zero-order valence-corrected chi connectivity index (χ0v) is 8.60. The van der Waals surface area contributed by atoms with Crippen LogP contribution in [0.25, 0.3) is 0 Å². The molecule has 0 bridgehead atoms. The van der Waals surface area contributed by atoms with E-state index in [1.807, 2.05) is 0 Å². The summed E-state index contributed by atoms with van der Waals surface area (Å²) in [5, 5.41) is 2.93. The third-order valence-electron chi connectivity index (χ3n) is 2.89. The Bertz CT molecular complexity index is 185. The Morgan fingerprint density at radius 3 is 2.62 bits per heavy atom. The Labute approximate surface area is 80.1 Å². The van der Waals surface area contributed by atoms with Crippen LogP contribution in [0.2, 0.25) is 0 Å². The van der Waals surface area contributed by atoms with Crippen LogP contribution in [0.4, 0.5) is 0 Å². The largest absolute Gasteiger partial charge is 0.356 e. The van der Waals surface area contributed by atoms with Crippen LogP contribution >= 0.6 is 0 Å². The molecule has 3 nitrogen and oxygen atoms in total. The lowest BCUT2D eigenvalue weighted by atomic mass is 9.62. The summed E-state index contributed by atoms with van der Waals surface area (Å²) in [6.45, 7) is 5.49. The van der Waals surface area contributed by atoms with Crippen LogP contribution in [-0.2, 0) is 4.79 Å². The first-order chi connectivity index (χ1) is 6.14. The van der Waals surface area contributed by atoms with Gasteiger partial charge in [0.05, 0.1) is 5.41 Å². The molecule has 0 aromatic heterocycles. The number of nitrogens with one attached hydrogen (secondary N) is 1. The zero-order valence-electron chi connectivity index (χ0n) is 8.60. The molecule has 0 saturated heterocycles. The van der Waals surface area contributed by atoms with Crippen LogP contribution in [0, 0.1) is 11.3 Å². The van der Waals surface area contributed by atoms with Crippen LogP contribution in [0.15, 0.2) is 0 Å². The van der Waals surface area contributed by atoms with Crippen LogP contribution in [-0.4, -0.2) is 19.0 Å². The van der Waals surface area contributed by atoms with Gasteiger partial charge < -0.3 is 11.1 Å². The van der Waals surface area contributed by atoms with Gasteiger partial charge in [0.15, 0.2) is 0 Å². The van der Waals surface area contributed by atoms with E-state index in [0.717, 1.165) is 25.8 Å². The maximum atomic E-state index is 11.7. The molecule has 0 aromatic rings. The maximum absolute atomic E-state index is 11.7. The highest BCUT2D eigenvalue weighted by Crippen LogP contribution is 2.44. The van der Waals surface area contributed by atoms with Crippen molar-refractivity contribution in [2.45, 2.75) is 33.1 Å². The summed E-state index contributed by atoms with van der Waals surface area (Å²) < 4.78 is 0. The molecule has 1 aliphatic rings. The van der Waals surface area contributed by atoms with Gasteiger partial charge in [-0.05, 0) is 25.2 Å². The van der Waals surface area contributed by atoms with E-state index in [0.29, 0.717) is 12.5 Å². The first-order valence-electron chi connectivity index (χ1n) is 5.13. The Morgan fingerprint density at radius 2 is 2.23 bits per heavy atom. The summed E-state index contributed by atoms with van der Waals surface area (Å²) in [6.07, 6.45) is 2.90. The van der Waals surface area contributed by atoms with Crippen LogP contribution in [0.1, 0.15) is 33.1 Å². The molecule has 3 heteroatoms. The van der Waals surface area contributed by atoms with E-state index in [9.17, 15) is 4.79 Å². The summed E-state index contributed by atoms with van der Waals surface area (Å²) in [6, 6.07) is 0. The lowest BCUT2D eigenvalue weighted by Gasteiger charge is -2.44. The highest BCUT2D eigenvalue weighted by molar-refractivity contribution is 5.83. The molecular formula is C10H20N2O. The van der Waals surface area contributed by atoms with Crippen molar-refractivity contribution >= 4 is 5.91 Å². The van der Waals surface area contributed by atoms with Gasteiger partial charge in [-0.3, -0.25) is 4.79 Å². The molecule has 1 saturated carbocycles. The second kappa shape index (κ2) is 4.09. The van der Waals surface area contributed by atoms with Crippen molar-refractivity contribution in [3.63, 3.8) is 0 Å². The summed E-state index contributed by atoms with van der Waals surface area (Å²) in [5.74, 6) is 0.825. The first-order valence-corrected chi connectivity index (χ1v) is 5.13. The van der Waals surface area contributed by atoms with Gasteiger partial charge in [-0.2, -0.15) is 0 Å². The van der Waals surface area contributed by atoms with E-state index in [1.54, 1.807) is 0 Å². The van der Waals surface area contributed by atoms with Gasteiger partial charge in [0.1, 0.15) is 0 Å². The number of hydrogen-bond acceptors (Lipinski definition) is 2. The predicted octanol–water partition coefficient (Wildman–Crippen LogP) is 0.888. The Morgan fingerprint density at radius 1 is 1.62 bits per heavy atom. The van der Waals surface area contributed by atoms with Crippen molar-refractivity contribution in [3.8, 4) is 0 Å². The van der Waals surface area contributed by atoms with Gasteiger partial charge in [-0.25, -0.2) is 0 Å². The number of carbonyl (C=O) groups is 1. The fraction of sp³-hybridized carbons (Fsp3) is 0.900. The molecule has 3 N–H and O–H groups in total. The quantitative estimate of drug-likeness (QED) is 0.681. The molecule has 76 valence electrons. The van der Waals surface area contributed by atoms with Crippen LogP contribution in [0.5, 0.6) is 0 Å². The van der Waals surface area contributed by atoms with Crippen molar-refractivity contribution < 1.29 is 4.79 Å². The number of carbonyl (C=O) groups excluding carboxylic acids is 1. The lowest BCUT2D eigenvalue weighted by Crippen LogP contribution is -2.53. The SMILES string of the molecule is CCCNC(=O)C1(CN)CC(C)C1. The van der Waals surface area contributed by atoms with E-state index >= 15 is 0 Å². The summed E-state index contributed by atoms with van der Waals surface area (Å²) in [7, 11) is 0. The van der Waals surface area contributed by atoms with E-state index in [-0.39, 0.29) is 11.3 Å². The monoisotopic (exact) mass is 184 g/mol. The Hall–Kier alpha value is -0.570. The third-order valence-corrected chi connectivity index (χ3v) is 2.89. The maximum Gasteiger partial charge on any atom is 0.227 e. The Kier molecular flexibility index (Phi) is 3.31. The molecule has 1 fully saturated rings. The number of hydrogen-bond donors (Lipinski definition) is 2. The van der Waals surface area contributed by atoms with Crippen molar-refractivity contribution in [3.05, 3.63) is 0 Å². The molecule has 0 atom stereocenters. The highest BCUT2D eigenvalue weighted by Gasteiger charge is 2.46.